The molecule has 3 aromatic carbocycles. The lowest BCUT2D eigenvalue weighted by Crippen LogP contribution is -2.23. The second-order valence-electron chi connectivity index (χ2n) is 7.94. The van der Waals surface area contributed by atoms with E-state index >= 15 is 0 Å². The van der Waals surface area contributed by atoms with Crippen molar-refractivity contribution in [1.82, 2.24) is 10.3 Å². The minimum atomic E-state index is -0.257. The molecule has 0 saturated heterocycles. The summed E-state index contributed by atoms with van der Waals surface area (Å²) in [4.78, 5) is 19.5. The van der Waals surface area contributed by atoms with Crippen molar-refractivity contribution in [3.05, 3.63) is 106 Å². The zero-order valence-corrected chi connectivity index (χ0v) is 19.8. The van der Waals surface area contributed by atoms with Gasteiger partial charge in [0.25, 0.3) is 5.91 Å². The average Bonchev–Trinajstić information content (AvgIpc) is 3.37. The number of benzene rings is 3. The molecule has 0 bridgehead atoms. The van der Waals surface area contributed by atoms with Gasteiger partial charge in [0.1, 0.15) is 5.82 Å². The highest BCUT2D eigenvalue weighted by atomic mass is 32.1. The Hall–Kier alpha value is -3.55. The topological polar surface area (TPSA) is 71.2 Å². The van der Waals surface area contributed by atoms with Gasteiger partial charge in [-0.2, -0.15) is 0 Å². The van der Waals surface area contributed by atoms with E-state index in [1.54, 1.807) is 23.5 Å². The lowest BCUT2D eigenvalue weighted by atomic mass is 10.1. The van der Waals surface area contributed by atoms with Crippen LogP contribution in [0.3, 0.4) is 0 Å². The zero-order valence-electron chi connectivity index (χ0n) is 19.0. The van der Waals surface area contributed by atoms with Gasteiger partial charge >= 0.3 is 0 Å². The van der Waals surface area contributed by atoms with Crippen molar-refractivity contribution in [2.75, 3.05) is 11.4 Å². The van der Waals surface area contributed by atoms with E-state index in [1.165, 1.54) is 12.1 Å². The molecule has 0 spiro atoms. The molecular weight excluding hydrogens is 447 g/mol. The first-order chi connectivity index (χ1) is 16.6. The molecule has 4 aromatic rings. The third-order valence-electron chi connectivity index (χ3n) is 5.55. The van der Waals surface area contributed by atoms with Crippen molar-refractivity contribution < 1.29 is 9.18 Å². The highest BCUT2D eigenvalue weighted by Crippen LogP contribution is 2.28. The summed E-state index contributed by atoms with van der Waals surface area (Å²) in [6.07, 6.45) is 0. The predicted molar refractivity (Wildman–Crippen MR) is 136 cm³/mol. The molecule has 4 rings (SSSR count). The number of nitrogens with two attached hydrogens (primary N) is 1. The lowest BCUT2D eigenvalue weighted by molar-refractivity contribution is 0.0951. The Balaban J connectivity index is 1.37. The van der Waals surface area contributed by atoms with Crippen LogP contribution in [0.4, 0.5) is 9.52 Å². The predicted octanol–water partition coefficient (Wildman–Crippen LogP) is 5.36. The number of carbonyl (C=O) groups excluding carboxylic acids is 1. The van der Waals surface area contributed by atoms with E-state index in [1.807, 2.05) is 53.9 Å². The van der Waals surface area contributed by atoms with E-state index in [9.17, 15) is 9.18 Å². The summed E-state index contributed by atoms with van der Waals surface area (Å²) in [7, 11) is 0. The van der Waals surface area contributed by atoms with Crippen molar-refractivity contribution in [3.63, 3.8) is 0 Å². The number of hydrogen-bond acceptors (Lipinski definition) is 5. The quantitative estimate of drug-likeness (QED) is 0.342. The molecule has 0 saturated carbocycles. The molecule has 34 heavy (non-hydrogen) atoms. The van der Waals surface area contributed by atoms with Gasteiger partial charge in [0.05, 0.1) is 5.69 Å². The van der Waals surface area contributed by atoms with E-state index in [4.69, 9.17) is 10.7 Å². The van der Waals surface area contributed by atoms with Crippen LogP contribution in [0.1, 0.15) is 34.0 Å². The fourth-order valence-corrected chi connectivity index (χ4v) is 4.51. The number of amides is 1. The first-order valence-electron chi connectivity index (χ1n) is 11.2. The maximum Gasteiger partial charge on any atom is 0.251 e. The number of carbonyl (C=O) groups is 1. The maximum atomic E-state index is 13.2. The van der Waals surface area contributed by atoms with Crippen LogP contribution in [0, 0.1) is 5.82 Å². The van der Waals surface area contributed by atoms with E-state index < -0.39 is 0 Å². The summed E-state index contributed by atoms with van der Waals surface area (Å²) < 4.78 is 13.2. The molecule has 174 valence electrons. The van der Waals surface area contributed by atoms with Crippen LogP contribution < -0.4 is 16.0 Å². The van der Waals surface area contributed by atoms with Gasteiger partial charge < -0.3 is 16.0 Å². The number of nitrogens with one attached hydrogen (secondary N) is 1. The second-order valence-corrected chi connectivity index (χ2v) is 8.78. The summed E-state index contributed by atoms with van der Waals surface area (Å²) in [6.45, 7) is 4.49. The number of aromatic nitrogens is 1. The number of nitrogens with zero attached hydrogens (tertiary/aromatic N) is 2. The van der Waals surface area contributed by atoms with Crippen molar-refractivity contribution in [2.24, 2.45) is 5.73 Å². The molecule has 0 aliphatic heterocycles. The van der Waals surface area contributed by atoms with E-state index in [0.717, 1.165) is 39.6 Å². The highest BCUT2D eigenvalue weighted by molar-refractivity contribution is 7.14. The second kappa shape index (κ2) is 11.0. The first-order valence-corrected chi connectivity index (χ1v) is 12.0. The Kier molecular flexibility index (Phi) is 7.67. The van der Waals surface area contributed by atoms with Gasteiger partial charge in [-0.05, 0) is 60.0 Å². The molecule has 0 unspecified atom stereocenters. The van der Waals surface area contributed by atoms with Gasteiger partial charge in [0, 0.05) is 42.7 Å². The fourth-order valence-electron chi connectivity index (χ4n) is 3.61. The first kappa shape index (κ1) is 23.6. The van der Waals surface area contributed by atoms with Crippen LogP contribution in [-0.2, 0) is 19.6 Å². The number of thiazole rings is 1. The molecule has 1 amide bonds. The van der Waals surface area contributed by atoms with Gasteiger partial charge in [-0.3, -0.25) is 4.79 Å². The van der Waals surface area contributed by atoms with Crippen LogP contribution in [-0.4, -0.2) is 17.4 Å². The van der Waals surface area contributed by atoms with Gasteiger partial charge in [-0.25, -0.2) is 9.37 Å². The number of rotatable bonds is 9. The van der Waals surface area contributed by atoms with Crippen LogP contribution in [0.5, 0.6) is 0 Å². The molecule has 0 fully saturated rings. The van der Waals surface area contributed by atoms with Crippen LogP contribution in [0.2, 0.25) is 0 Å². The lowest BCUT2D eigenvalue weighted by Gasteiger charge is -2.20. The monoisotopic (exact) mass is 474 g/mol. The molecule has 7 heteroatoms. The van der Waals surface area contributed by atoms with Crippen molar-refractivity contribution in [2.45, 2.75) is 26.6 Å². The maximum absolute atomic E-state index is 13.2. The molecule has 1 heterocycles. The van der Waals surface area contributed by atoms with E-state index in [-0.39, 0.29) is 11.7 Å². The van der Waals surface area contributed by atoms with Crippen LogP contribution >= 0.6 is 11.3 Å². The molecule has 3 N–H and O–H groups in total. The van der Waals surface area contributed by atoms with Crippen LogP contribution in [0.15, 0.2) is 78.2 Å². The SMILES string of the molecule is CCN(Cc1ccc(C(=O)NCc2cccc(CN)c2)cc1)c1nc(-c2ccc(F)cc2)cs1. The molecule has 5 nitrogen and oxygen atoms in total. The summed E-state index contributed by atoms with van der Waals surface area (Å²) in [6, 6.07) is 21.9. The van der Waals surface area contributed by atoms with Crippen molar-refractivity contribution in [1.29, 1.82) is 0 Å². The van der Waals surface area contributed by atoms with Gasteiger partial charge in [-0.1, -0.05) is 36.4 Å². The number of anilines is 1. The molecule has 0 radical (unpaired) electrons. The third kappa shape index (κ3) is 5.87. The van der Waals surface area contributed by atoms with E-state index in [2.05, 4.69) is 17.1 Å². The highest BCUT2D eigenvalue weighted by Gasteiger charge is 2.12. The molecule has 0 aliphatic carbocycles. The summed E-state index contributed by atoms with van der Waals surface area (Å²) in [5, 5.41) is 5.86. The fraction of sp³-hybridized carbons (Fsp3) is 0.185. The van der Waals surface area contributed by atoms with Gasteiger partial charge in [0.2, 0.25) is 0 Å². The molecule has 0 atom stereocenters. The normalized spacial score (nSPS) is 10.8. The number of halogens is 1. The summed E-state index contributed by atoms with van der Waals surface area (Å²) in [5.74, 6) is -0.367. The van der Waals surface area contributed by atoms with Crippen molar-refractivity contribution in [3.8, 4) is 11.3 Å². The number of hydrogen-bond donors (Lipinski definition) is 2. The van der Waals surface area contributed by atoms with Crippen molar-refractivity contribution >= 4 is 22.4 Å². The Morgan fingerprint density at radius 2 is 1.76 bits per heavy atom. The Morgan fingerprint density at radius 1 is 1.03 bits per heavy atom. The smallest absolute Gasteiger partial charge is 0.251 e. The molecular formula is C27H27FN4OS. The largest absolute Gasteiger partial charge is 0.348 e. The Bertz CT molecular complexity index is 1240. The Labute approximate surface area is 203 Å². The van der Waals surface area contributed by atoms with Crippen LogP contribution in [0.25, 0.3) is 11.3 Å². The Morgan fingerprint density at radius 3 is 2.47 bits per heavy atom. The summed E-state index contributed by atoms with van der Waals surface area (Å²) in [5.41, 5.74) is 11.2. The van der Waals surface area contributed by atoms with Gasteiger partial charge in [0.15, 0.2) is 5.13 Å². The van der Waals surface area contributed by atoms with Gasteiger partial charge in [-0.15, -0.1) is 11.3 Å². The molecule has 1 aromatic heterocycles. The molecule has 0 aliphatic rings. The minimum absolute atomic E-state index is 0.110. The standard InChI is InChI=1S/C27H27FN4OS/c1-2-32(27-31-25(18-34-27)22-10-12-24(28)13-11-22)17-19-6-8-23(9-7-19)26(33)30-16-21-5-3-4-20(14-21)15-29/h3-14,18H,2,15-17,29H2,1H3,(H,30,33). The summed E-state index contributed by atoms with van der Waals surface area (Å²) >= 11 is 1.56. The van der Waals surface area contributed by atoms with E-state index in [0.29, 0.717) is 25.2 Å². The zero-order chi connectivity index (χ0) is 23.9. The average molecular weight is 475 g/mol. The minimum Gasteiger partial charge on any atom is -0.348 e. The third-order valence-corrected chi connectivity index (χ3v) is 6.46.